The highest BCUT2D eigenvalue weighted by Crippen LogP contribution is 2.20. The molecule has 2 aromatic rings. The topological polar surface area (TPSA) is 41.9 Å². The lowest BCUT2D eigenvalue weighted by molar-refractivity contribution is 0.586. The molecular weight excluding hydrogens is 311 g/mol. The zero-order chi connectivity index (χ0) is 15.2. The Morgan fingerprint density at radius 3 is 2.90 bits per heavy atom. The van der Waals surface area contributed by atoms with Gasteiger partial charge >= 0.3 is 0 Å². The molecule has 0 amide bonds. The van der Waals surface area contributed by atoms with Gasteiger partial charge in [0, 0.05) is 18.3 Å². The van der Waals surface area contributed by atoms with Crippen molar-refractivity contribution in [2.75, 3.05) is 11.9 Å². The maximum Gasteiger partial charge on any atom is 0.173 e. The summed E-state index contributed by atoms with van der Waals surface area (Å²) in [6, 6.07) is 6.57. The van der Waals surface area contributed by atoms with Crippen molar-refractivity contribution >= 4 is 34.7 Å². The molecule has 1 aromatic heterocycles. The van der Waals surface area contributed by atoms with E-state index in [1.54, 1.807) is 29.1 Å². The second kappa shape index (κ2) is 7.38. The predicted octanol–water partition coefficient (Wildman–Crippen LogP) is 3.42. The molecule has 0 aliphatic rings. The van der Waals surface area contributed by atoms with Crippen molar-refractivity contribution in [2.45, 2.75) is 19.9 Å². The second-order valence-corrected chi connectivity index (χ2v) is 5.31. The van der Waals surface area contributed by atoms with Crippen LogP contribution in [0.3, 0.4) is 0 Å². The lowest BCUT2D eigenvalue weighted by atomic mass is 10.2. The van der Waals surface area contributed by atoms with Crippen LogP contribution in [-0.4, -0.2) is 21.4 Å². The molecule has 0 saturated carbocycles. The van der Waals surface area contributed by atoms with Crippen LogP contribution in [0.4, 0.5) is 10.2 Å². The standard InChI is InChI=1S/C14H16ClFN4S/c1-2-7-17-14(21)18-13-11(15)9-20(19-13)8-10-5-3-4-6-12(10)16/h3-6,9H,2,7-8H2,1H3,(H2,17,18,19,21). The maximum atomic E-state index is 13.6. The van der Waals surface area contributed by atoms with Crippen LogP contribution < -0.4 is 10.6 Å². The molecule has 112 valence electrons. The minimum Gasteiger partial charge on any atom is -0.362 e. The monoisotopic (exact) mass is 326 g/mol. The highest BCUT2D eigenvalue weighted by Gasteiger charge is 2.10. The van der Waals surface area contributed by atoms with Gasteiger partial charge in [-0.15, -0.1) is 0 Å². The Morgan fingerprint density at radius 2 is 2.19 bits per heavy atom. The third kappa shape index (κ3) is 4.41. The summed E-state index contributed by atoms with van der Waals surface area (Å²) in [5.74, 6) is 0.195. The van der Waals surface area contributed by atoms with Crippen LogP contribution >= 0.6 is 23.8 Å². The summed E-state index contributed by atoms with van der Waals surface area (Å²) in [5, 5.41) is 11.1. The van der Waals surface area contributed by atoms with E-state index in [1.165, 1.54) is 6.07 Å². The summed E-state index contributed by atoms with van der Waals surface area (Å²) in [5.41, 5.74) is 0.551. The Labute approximate surface area is 133 Å². The van der Waals surface area contributed by atoms with Crippen molar-refractivity contribution in [2.24, 2.45) is 0 Å². The Morgan fingerprint density at radius 1 is 1.43 bits per heavy atom. The van der Waals surface area contributed by atoms with E-state index in [2.05, 4.69) is 15.7 Å². The Bertz CT molecular complexity index is 629. The van der Waals surface area contributed by atoms with Crippen molar-refractivity contribution in [3.63, 3.8) is 0 Å². The van der Waals surface area contributed by atoms with Gasteiger partial charge in [0.15, 0.2) is 10.9 Å². The summed E-state index contributed by atoms with van der Waals surface area (Å²) in [7, 11) is 0. The highest BCUT2D eigenvalue weighted by atomic mass is 35.5. The molecule has 0 fully saturated rings. The second-order valence-electron chi connectivity index (χ2n) is 4.50. The fraction of sp³-hybridized carbons (Fsp3) is 0.286. The summed E-state index contributed by atoms with van der Waals surface area (Å²) < 4.78 is 15.2. The lowest BCUT2D eigenvalue weighted by Crippen LogP contribution is -2.29. The molecule has 0 spiro atoms. The summed E-state index contributed by atoms with van der Waals surface area (Å²) in [6.45, 7) is 3.13. The van der Waals surface area contributed by atoms with E-state index >= 15 is 0 Å². The number of rotatable bonds is 5. The van der Waals surface area contributed by atoms with Crippen molar-refractivity contribution in [3.8, 4) is 0 Å². The van der Waals surface area contributed by atoms with Gasteiger partial charge in [-0.05, 0) is 24.7 Å². The number of nitrogens with one attached hydrogen (secondary N) is 2. The highest BCUT2D eigenvalue weighted by molar-refractivity contribution is 7.80. The van der Waals surface area contributed by atoms with Gasteiger partial charge in [-0.3, -0.25) is 4.68 Å². The molecule has 0 aliphatic heterocycles. The summed E-state index contributed by atoms with van der Waals surface area (Å²) in [6.07, 6.45) is 2.61. The number of hydrogen-bond acceptors (Lipinski definition) is 2. The number of benzene rings is 1. The van der Waals surface area contributed by atoms with Gasteiger partial charge in [0.25, 0.3) is 0 Å². The first kappa shape index (κ1) is 15.7. The first-order valence-corrected chi connectivity index (χ1v) is 7.40. The number of aromatic nitrogens is 2. The van der Waals surface area contributed by atoms with Crippen molar-refractivity contribution < 1.29 is 4.39 Å². The molecule has 0 saturated heterocycles. The molecule has 0 atom stereocenters. The third-order valence-electron chi connectivity index (χ3n) is 2.77. The van der Waals surface area contributed by atoms with Gasteiger partial charge in [0.2, 0.25) is 0 Å². The van der Waals surface area contributed by atoms with Crippen LogP contribution in [-0.2, 0) is 6.54 Å². The quantitative estimate of drug-likeness (QED) is 0.826. The van der Waals surface area contributed by atoms with E-state index in [-0.39, 0.29) is 5.82 Å². The van der Waals surface area contributed by atoms with E-state index in [1.807, 2.05) is 6.92 Å². The first-order chi connectivity index (χ1) is 10.1. The average Bonchev–Trinajstić information content (AvgIpc) is 2.79. The Balaban J connectivity index is 2.05. The van der Waals surface area contributed by atoms with E-state index in [0.29, 0.717) is 28.1 Å². The van der Waals surface area contributed by atoms with Gasteiger partial charge in [-0.2, -0.15) is 5.10 Å². The summed E-state index contributed by atoms with van der Waals surface area (Å²) >= 11 is 11.2. The molecule has 1 aromatic carbocycles. The van der Waals surface area contributed by atoms with Gasteiger partial charge in [0.1, 0.15) is 10.8 Å². The molecule has 2 rings (SSSR count). The maximum absolute atomic E-state index is 13.6. The van der Waals surface area contributed by atoms with Crippen LogP contribution in [0.2, 0.25) is 5.02 Å². The average molecular weight is 327 g/mol. The molecular formula is C14H16ClFN4S. The smallest absolute Gasteiger partial charge is 0.173 e. The van der Waals surface area contributed by atoms with Gasteiger partial charge in [-0.25, -0.2) is 4.39 Å². The lowest BCUT2D eigenvalue weighted by Gasteiger charge is -2.07. The van der Waals surface area contributed by atoms with Gasteiger partial charge in [0.05, 0.1) is 6.54 Å². The number of anilines is 1. The number of halogens is 2. The fourth-order valence-corrected chi connectivity index (χ4v) is 2.15. The molecule has 4 nitrogen and oxygen atoms in total. The summed E-state index contributed by atoms with van der Waals surface area (Å²) in [4.78, 5) is 0. The van der Waals surface area contributed by atoms with E-state index in [9.17, 15) is 4.39 Å². The predicted molar refractivity (Wildman–Crippen MR) is 87.3 cm³/mol. The molecule has 21 heavy (non-hydrogen) atoms. The van der Waals surface area contributed by atoms with E-state index in [4.69, 9.17) is 23.8 Å². The van der Waals surface area contributed by atoms with Gasteiger partial charge < -0.3 is 10.6 Å². The van der Waals surface area contributed by atoms with E-state index in [0.717, 1.165) is 13.0 Å². The van der Waals surface area contributed by atoms with Crippen molar-refractivity contribution in [1.29, 1.82) is 0 Å². The number of thiocarbonyl (C=S) groups is 1. The SMILES string of the molecule is CCCNC(=S)Nc1nn(Cc2ccccc2F)cc1Cl. The third-order valence-corrected chi connectivity index (χ3v) is 3.30. The fourth-order valence-electron chi connectivity index (χ4n) is 1.75. The molecule has 0 aliphatic carbocycles. The molecule has 0 bridgehead atoms. The van der Waals surface area contributed by atoms with Crippen molar-refractivity contribution in [3.05, 3.63) is 46.9 Å². The zero-order valence-corrected chi connectivity index (χ0v) is 13.1. The van der Waals surface area contributed by atoms with E-state index < -0.39 is 0 Å². The normalized spacial score (nSPS) is 10.4. The van der Waals surface area contributed by atoms with Crippen LogP contribution in [0.5, 0.6) is 0 Å². The minimum absolute atomic E-state index is 0.265. The Kier molecular flexibility index (Phi) is 5.52. The first-order valence-electron chi connectivity index (χ1n) is 6.61. The zero-order valence-electron chi connectivity index (χ0n) is 11.6. The number of nitrogens with zero attached hydrogens (tertiary/aromatic N) is 2. The minimum atomic E-state index is -0.265. The molecule has 7 heteroatoms. The largest absolute Gasteiger partial charge is 0.362 e. The van der Waals surface area contributed by atoms with Crippen LogP contribution in [0, 0.1) is 5.82 Å². The van der Waals surface area contributed by atoms with Crippen molar-refractivity contribution in [1.82, 2.24) is 15.1 Å². The Hall–Kier alpha value is -1.66. The molecule has 1 heterocycles. The molecule has 0 unspecified atom stereocenters. The van der Waals surface area contributed by atoms with Crippen LogP contribution in [0.25, 0.3) is 0 Å². The van der Waals surface area contributed by atoms with Gasteiger partial charge in [-0.1, -0.05) is 36.7 Å². The molecule has 2 N–H and O–H groups in total. The molecule has 0 radical (unpaired) electrons. The van der Waals surface area contributed by atoms with Crippen LogP contribution in [0.15, 0.2) is 30.5 Å². The van der Waals surface area contributed by atoms with Crippen LogP contribution in [0.1, 0.15) is 18.9 Å². The number of hydrogen-bond donors (Lipinski definition) is 2.